The average Bonchev–Trinajstić information content (AvgIpc) is 2.71. The minimum Gasteiger partial charge on any atom is -0.480 e. The molecule has 0 aromatic heterocycles. The molecule has 2 fully saturated rings. The van der Waals surface area contributed by atoms with Gasteiger partial charge in [0.2, 0.25) is 0 Å². The molecule has 2 aliphatic rings. The van der Waals surface area contributed by atoms with Crippen LogP contribution in [0.5, 0.6) is 0 Å². The molecule has 2 saturated heterocycles. The summed E-state index contributed by atoms with van der Waals surface area (Å²) in [4.78, 5) is 11.2. The highest BCUT2D eigenvalue weighted by atomic mass is 32.2. The minimum absolute atomic E-state index is 0.0393. The second kappa shape index (κ2) is 6.38. The molecule has 2 rings (SSSR count). The Kier molecular flexibility index (Phi) is 5.00. The van der Waals surface area contributed by atoms with Crippen LogP contribution in [0.4, 0.5) is 0 Å². The van der Waals surface area contributed by atoms with Gasteiger partial charge in [-0.1, -0.05) is 19.3 Å². The van der Waals surface area contributed by atoms with Crippen LogP contribution in [0, 0.1) is 0 Å². The van der Waals surface area contributed by atoms with Gasteiger partial charge in [-0.3, -0.25) is 4.79 Å². The quantitative estimate of drug-likeness (QED) is 0.766. The fourth-order valence-corrected chi connectivity index (χ4v) is 4.74. The van der Waals surface area contributed by atoms with Crippen LogP contribution in [0.15, 0.2) is 0 Å². The Morgan fingerprint density at radius 1 is 1.05 bits per heavy atom. The van der Waals surface area contributed by atoms with E-state index in [0.717, 1.165) is 36.4 Å². The molecule has 0 aromatic rings. The number of carbonyl (C=O) groups is 1. The van der Waals surface area contributed by atoms with Gasteiger partial charge in [0.05, 0.1) is 6.10 Å². The molecule has 0 amide bonds. The van der Waals surface area contributed by atoms with E-state index in [0.29, 0.717) is 13.1 Å². The molecule has 2 N–H and O–H groups in total. The summed E-state index contributed by atoms with van der Waals surface area (Å²) in [6, 6.07) is -1.15. The first kappa shape index (κ1) is 15.7. The van der Waals surface area contributed by atoms with Crippen LogP contribution in [0.25, 0.3) is 0 Å². The van der Waals surface area contributed by atoms with Gasteiger partial charge in [-0.05, 0) is 12.8 Å². The molecular weight excluding hydrogens is 284 g/mol. The fraction of sp³-hybridized carbons (Fsp3) is 0.917. The van der Waals surface area contributed by atoms with E-state index < -0.39 is 28.3 Å². The van der Waals surface area contributed by atoms with Gasteiger partial charge in [0.25, 0.3) is 10.2 Å². The highest BCUT2D eigenvalue weighted by molar-refractivity contribution is 7.86. The maximum atomic E-state index is 12.6. The third-order valence-electron chi connectivity index (χ3n) is 3.96. The zero-order valence-corrected chi connectivity index (χ0v) is 12.3. The van der Waals surface area contributed by atoms with Crippen LogP contribution in [-0.4, -0.2) is 65.0 Å². The molecule has 0 aromatic carbocycles. The largest absolute Gasteiger partial charge is 0.480 e. The SMILES string of the molecule is O=C(O)[C@H]1C[C@H](O)CN1S(=O)(=O)N1CCCCCCC1. The van der Waals surface area contributed by atoms with Gasteiger partial charge in [-0.25, -0.2) is 0 Å². The van der Waals surface area contributed by atoms with E-state index in [1.165, 1.54) is 4.31 Å². The first-order chi connectivity index (χ1) is 9.43. The topological polar surface area (TPSA) is 98.1 Å². The van der Waals surface area contributed by atoms with E-state index in [9.17, 15) is 18.3 Å². The Labute approximate surface area is 119 Å². The van der Waals surface area contributed by atoms with E-state index in [-0.39, 0.29) is 13.0 Å². The van der Waals surface area contributed by atoms with E-state index in [4.69, 9.17) is 5.11 Å². The van der Waals surface area contributed by atoms with E-state index in [1.807, 2.05) is 0 Å². The molecule has 0 saturated carbocycles. The molecule has 0 bridgehead atoms. The van der Waals surface area contributed by atoms with E-state index in [1.54, 1.807) is 0 Å². The molecule has 0 unspecified atom stereocenters. The number of rotatable bonds is 3. The van der Waals surface area contributed by atoms with Crippen molar-refractivity contribution >= 4 is 16.2 Å². The van der Waals surface area contributed by atoms with Crippen molar-refractivity contribution < 1.29 is 23.4 Å². The fourth-order valence-electron chi connectivity index (χ4n) is 2.86. The summed E-state index contributed by atoms with van der Waals surface area (Å²) in [5.74, 6) is -1.20. The zero-order valence-electron chi connectivity index (χ0n) is 11.4. The first-order valence-corrected chi connectivity index (χ1v) is 8.50. The Balaban J connectivity index is 2.17. The summed E-state index contributed by atoms with van der Waals surface area (Å²) in [6.45, 7) is 0.734. The van der Waals surface area contributed by atoms with Gasteiger partial charge in [0.1, 0.15) is 6.04 Å². The maximum Gasteiger partial charge on any atom is 0.322 e. The van der Waals surface area contributed by atoms with Crippen molar-refractivity contribution in [2.45, 2.75) is 50.7 Å². The summed E-state index contributed by atoms with van der Waals surface area (Å²) in [5.41, 5.74) is 0. The molecule has 2 atom stereocenters. The molecule has 116 valence electrons. The number of aliphatic hydroxyl groups excluding tert-OH is 1. The van der Waals surface area contributed by atoms with E-state index in [2.05, 4.69) is 0 Å². The van der Waals surface area contributed by atoms with Gasteiger partial charge < -0.3 is 10.2 Å². The van der Waals surface area contributed by atoms with Crippen molar-refractivity contribution in [3.05, 3.63) is 0 Å². The van der Waals surface area contributed by atoms with Crippen molar-refractivity contribution in [3.63, 3.8) is 0 Å². The minimum atomic E-state index is -3.80. The first-order valence-electron chi connectivity index (χ1n) is 7.10. The molecule has 0 spiro atoms. The smallest absolute Gasteiger partial charge is 0.322 e. The molecule has 7 nitrogen and oxygen atoms in total. The van der Waals surface area contributed by atoms with Gasteiger partial charge >= 0.3 is 5.97 Å². The standard InChI is InChI=1S/C12H22N2O5S/c15-10-8-11(12(16)17)14(9-10)20(18,19)13-6-4-2-1-3-5-7-13/h10-11,15H,1-9H2,(H,16,17)/t10-,11+/m0/s1. The van der Waals surface area contributed by atoms with Gasteiger partial charge in [-0.15, -0.1) is 0 Å². The normalized spacial score (nSPS) is 30.9. The number of aliphatic hydroxyl groups is 1. The molecule has 2 aliphatic heterocycles. The zero-order chi connectivity index (χ0) is 14.8. The number of β-amino-alcohol motifs (C(OH)–C–C–N with tert-alkyl or cyclic N) is 1. The third-order valence-corrected chi connectivity index (χ3v) is 5.97. The Morgan fingerprint density at radius 2 is 1.60 bits per heavy atom. The second-order valence-electron chi connectivity index (χ2n) is 5.49. The molecule has 0 radical (unpaired) electrons. The van der Waals surface area contributed by atoms with Gasteiger partial charge in [0, 0.05) is 26.1 Å². The van der Waals surface area contributed by atoms with Crippen LogP contribution >= 0.6 is 0 Å². The van der Waals surface area contributed by atoms with Crippen LogP contribution in [0.2, 0.25) is 0 Å². The van der Waals surface area contributed by atoms with Crippen molar-refractivity contribution in [2.24, 2.45) is 0 Å². The lowest BCUT2D eigenvalue weighted by molar-refractivity contribution is -0.140. The second-order valence-corrected chi connectivity index (χ2v) is 7.37. The lowest BCUT2D eigenvalue weighted by Crippen LogP contribution is -2.49. The van der Waals surface area contributed by atoms with Crippen LogP contribution in [0.1, 0.15) is 38.5 Å². The highest BCUT2D eigenvalue weighted by Crippen LogP contribution is 2.25. The van der Waals surface area contributed by atoms with Crippen molar-refractivity contribution in [3.8, 4) is 0 Å². The number of carboxylic acid groups (broad SMARTS) is 1. The van der Waals surface area contributed by atoms with Crippen LogP contribution in [-0.2, 0) is 15.0 Å². The molecule has 8 heteroatoms. The number of hydrogen-bond donors (Lipinski definition) is 2. The lowest BCUT2D eigenvalue weighted by Gasteiger charge is -2.30. The summed E-state index contributed by atoms with van der Waals surface area (Å²) in [5, 5.41) is 18.7. The van der Waals surface area contributed by atoms with Crippen LogP contribution in [0.3, 0.4) is 0 Å². The summed E-state index contributed by atoms with van der Waals surface area (Å²) < 4.78 is 27.5. The number of hydrogen-bond acceptors (Lipinski definition) is 4. The lowest BCUT2D eigenvalue weighted by atomic mass is 10.1. The summed E-state index contributed by atoms with van der Waals surface area (Å²) in [6.07, 6.45) is 3.77. The Bertz CT molecular complexity index is 445. The maximum absolute atomic E-state index is 12.6. The van der Waals surface area contributed by atoms with Gasteiger partial charge in [-0.2, -0.15) is 17.0 Å². The van der Waals surface area contributed by atoms with Crippen molar-refractivity contribution in [1.82, 2.24) is 8.61 Å². The van der Waals surface area contributed by atoms with E-state index >= 15 is 0 Å². The predicted octanol–water partition coefficient (Wildman–Crippen LogP) is 0.0171. The molecule has 0 aliphatic carbocycles. The predicted molar refractivity (Wildman–Crippen MR) is 72.3 cm³/mol. The monoisotopic (exact) mass is 306 g/mol. The summed E-state index contributed by atoms with van der Waals surface area (Å²) >= 11 is 0. The summed E-state index contributed by atoms with van der Waals surface area (Å²) in [7, 11) is -3.80. The van der Waals surface area contributed by atoms with Gasteiger partial charge in [0.15, 0.2) is 0 Å². The highest BCUT2D eigenvalue weighted by Gasteiger charge is 2.45. The van der Waals surface area contributed by atoms with Crippen molar-refractivity contribution in [1.29, 1.82) is 0 Å². The number of carboxylic acids is 1. The third kappa shape index (κ3) is 3.30. The molecular formula is C12H22N2O5S. The average molecular weight is 306 g/mol. The van der Waals surface area contributed by atoms with Crippen molar-refractivity contribution in [2.75, 3.05) is 19.6 Å². The molecule has 2 heterocycles. The molecule has 20 heavy (non-hydrogen) atoms. The number of aliphatic carboxylic acids is 1. The Morgan fingerprint density at radius 3 is 2.15 bits per heavy atom. The Hall–Kier alpha value is -0.700. The number of nitrogens with zero attached hydrogens (tertiary/aromatic N) is 2. The van der Waals surface area contributed by atoms with Crippen LogP contribution < -0.4 is 0 Å².